The van der Waals surface area contributed by atoms with E-state index in [9.17, 15) is 18.4 Å². The maximum absolute atomic E-state index is 14.8. The normalized spacial score (nSPS) is 11.1. The standard InChI is InChI=1S/C26H25F2N7O3/c1-26(2,3)22-12-23(35(34-22)16-9-15(27)13-30-14-16)33-25(37)32-20-6-5-17(10-19(20)28)38-18-7-8-31-21(11-18)24(36)29-4/h5-14H,1-4H3,(H,29,36)(H2,32,33,37). The van der Waals surface area contributed by atoms with Crippen molar-refractivity contribution in [1.29, 1.82) is 0 Å². The first-order chi connectivity index (χ1) is 18.0. The zero-order valence-corrected chi connectivity index (χ0v) is 21.0. The predicted molar refractivity (Wildman–Crippen MR) is 137 cm³/mol. The maximum Gasteiger partial charge on any atom is 0.324 e. The molecule has 0 saturated carbocycles. The average molecular weight is 522 g/mol. The van der Waals surface area contributed by atoms with Crippen LogP contribution in [0.3, 0.4) is 0 Å². The summed E-state index contributed by atoms with van der Waals surface area (Å²) in [6.07, 6.45) is 3.86. The van der Waals surface area contributed by atoms with E-state index < -0.39 is 23.6 Å². The average Bonchev–Trinajstić information content (AvgIpc) is 3.30. The second-order valence-electron chi connectivity index (χ2n) is 9.22. The summed E-state index contributed by atoms with van der Waals surface area (Å²) in [6, 6.07) is 8.96. The highest BCUT2D eigenvalue weighted by molar-refractivity contribution is 5.99. The highest BCUT2D eigenvalue weighted by atomic mass is 19.1. The zero-order chi connectivity index (χ0) is 27.4. The Bertz CT molecular complexity index is 1500. The lowest BCUT2D eigenvalue weighted by Gasteiger charge is -2.14. The minimum absolute atomic E-state index is 0.106. The van der Waals surface area contributed by atoms with Crippen LogP contribution in [0.4, 0.5) is 25.1 Å². The number of hydrogen-bond donors (Lipinski definition) is 3. The number of aromatic nitrogens is 4. The van der Waals surface area contributed by atoms with Crippen LogP contribution in [0.1, 0.15) is 37.0 Å². The van der Waals surface area contributed by atoms with Crippen LogP contribution in [0.25, 0.3) is 5.69 Å². The number of rotatable bonds is 6. The summed E-state index contributed by atoms with van der Waals surface area (Å²) in [5.41, 5.74) is 0.615. The molecular weight excluding hydrogens is 496 g/mol. The first kappa shape index (κ1) is 26.2. The van der Waals surface area contributed by atoms with Gasteiger partial charge in [-0.2, -0.15) is 5.10 Å². The number of ether oxygens (including phenoxy) is 1. The minimum Gasteiger partial charge on any atom is -0.457 e. The first-order valence-electron chi connectivity index (χ1n) is 11.5. The molecule has 38 heavy (non-hydrogen) atoms. The third-order valence-corrected chi connectivity index (χ3v) is 5.27. The van der Waals surface area contributed by atoms with Crippen molar-refractivity contribution in [2.24, 2.45) is 0 Å². The summed E-state index contributed by atoms with van der Waals surface area (Å²) in [6.45, 7) is 5.83. The van der Waals surface area contributed by atoms with Crippen molar-refractivity contribution < 1.29 is 23.1 Å². The molecule has 3 aromatic heterocycles. The topological polar surface area (TPSA) is 123 Å². The molecule has 196 valence electrons. The Morgan fingerprint density at radius 1 is 0.974 bits per heavy atom. The molecule has 3 amide bonds. The number of pyridine rings is 2. The Kier molecular flexibility index (Phi) is 7.33. The van der Waals surface area contributed by atoms with Gasteiger partial charge in [0.15, 0.2) is 0 Å². The van der Waals surface area contributed by atoms with Gasteiger partial charge in [-0.1, -0.05) is 20.8 Å². The van der Waals surface area contributed by atoms with Gasteiger partial charge in [-0.05, 0) is 18.2 Å². The molecule has 3 heterocycles. The van der Waals surface area contributed by atoms with E-state index >= 15 is 0 Å². The van der Waals surface area contributed by atoms with Gasteiger partial charge in [-0.25, -0.2) is 18.3 Å². The molecule has 12 heteroatoms. The molecule has 0 aliphatic rings. The number of amides is 3. The second kappa shape index (κ2) is 10.6. The largest absolute Gasteiger partial charge is 0.457 e. The quantitative estimate of drug-likeness (QED) is 0.327. The van der Waals surface area contributed by atoms with E-state index in [1.54, 1.807) is 6.07 Å². The number of nitrogens with one attached hydrogen (secondary N) is 3. The van der Waals surface area contributed by atoms with Gasteiger partial charge in [-0.15, -0.1) is 0 Å². The van der Waals surface area contributed by atoms with Crippen molar-refractivity contribution in [3.05, 3.63) is 84.1 Å². The van der Waals surface area contributed by atoms with Gasteiger partial charge in [-0.3, -0.25) is 20.1 Å². The Morgan fingerprint density at radius 2 is 1.74 bits per heavy atom. The highest BCUT2D eigenvalue weighted by Gasteiger charge is 2.22. The van der Waals surface area contributed by atoms with Crippen molar-refractivity contribution >= 4 is 23.4 Å². The molecule has 0 saturated heterocycles. The Morgan fingerprint density at radius 3 is 2.42 bits per heavy atom. The molecule has 4 rings (SSSR count). The molecule has 0 atom stereocenters. The maximum atomic E-state index is 14.8. The molecule has 0 unspecified atom stereocenters. The van der Waals surface area contributed by atoms with E-state index in [0.717, 1.165) is 12.3 Å². The van der Waals surface area contributed by atoms with Crippen molar-refractivity contribution in [2.45, 2.75) is 26.2 Å². The lowest BCUT2D eigenvalue weighted by molar-refractivity contribution is 0.0957. The number of anilines is 2. The summed E-state index contributed by atoms with van der Waals surface area (Å²) < 4.78 is 35.6. The molecule has 0 fully saturated rings. The molecular formula is C26H25F2N7O3. The molecule has 0 spiro atoms. The molecule has 1 aromatic carbocycles. The number of carbonyl (C=O) groups excluding carboxylic acids is 2. The van der Waals surface area contributed by atoms with Gasteiger partial charge in [0.05, 0.1) is 29.5 Å². The van der Waals surface area contributed by atoms with Crippen molar-refractivity contribution in [1.82, 2.24) is 25.1 Å². The zero-order valence-electron chi connectivity index (χ0n) is 21.0. The van der Waals surface area contributed by atoms with E-state index in [1.165, 1.54) is 54.5 Å². The highest BCUT2D eigenvalue weighted by Crippen LogP contribution is 2.28. The van der Waals surface area contributed by atoms with Crippen LogP contribution in [0.2, 0.25) is 0 Å². The fourth-order valence-electron chi connectivity index (χ4n) is 3.34. The van der Waals surface area contributed by atoms with E-state index in [0.29, 0.717) is 11.4 Å². The van der Waals surface area contributed by atoms with Crippen molar-refractivity contribution in [3.8, 4) is 17.2 Å². The molecule has 4 aromatic rings. The number of halogens is 2. The van der Waals surface area contributed by atoms with Crippen LogP contribution in [-0.2, 0) is 5.41 Å². The SMILES string of the molecule is CNC(=O)c1cc(Oc2ccc(NC(=O)Nc3cc(C(C)(C)C)nn3-c3cncc(F)c3)c(F)c2)ccn1. The summed E-state index contributed by atoms with van der Waals surface area (Å²) in [5, 5.41) is 12.0. The smallest absolute Gasteiger partial charge is 0.324 e. The number of hydrogen-bond acceptors (Lipinski definition) is 6. The first-order valence-corrected chi connectivity index (χ1v) is 11.5. The van der Waals surface area contributed by atoms with Crippen LogP contribution >= 0.6 is 0 Å². The van der Waals surface area contributed by atoms with Gasteiger partial charge in [0.2, 0.25) is 0 Å². The summed E-state index contributed by atoms with van der Waals surface area (Å²) in [7, 11) is 1.48. The summed E-state index contributed by atoms with van der Waals surface area (Å²) in [4.78, 5) is 32.3. The van der Waals surface area contributed by atoms with Gasteiger partial charge < -0.3 is 15.4 Å². The molecule has 10 nitrogen and oxygen atoms in total. The Hall–Kier alpha value is -4.87. The minimum atomic E-state index is -0.753. The van der Waals surface area contributed by atoms with Gasteiger partial charge in [0.25, 0.3) is 5.91 Å². The lowest BCUT2D eigenvalue weighted by Crippen LogP contribution is -2.22. The van der Waals surface area contributed by atoms with E-state index in [1.807, 2.05) is 20.8 Å². The van der Waals surface area contributed by atoms with Crippen molar-refractivity contribution in [2.75, 3.05) is 17.7 Å². The van der Waals surface area contributed by atoms with Crippen molar-refractivity contribution in [3.63, 3.8) is 0 Å². The lowest BCUT2D eigenvalue weighted by atomic mass is 9.92. The van der Waals surface area contributed by atoms with Gasteiger partial charge in [0, 0.05) is 42.9 Å². The van der Waals surface area contributed by atoms with E-state index in [4.69, 9.17) is 4.74 Å². The molecule has 0 aliphatic carbocycles. The third-order valence-electron chi connectivity index (χ3n) is 5.27. The number of carbonyl (C=O) groups is 2. The number of benzene rings is 1. The summed E-state index contributed by atoms with van der Waals surface area (Å²) in [5.74, 6) is -1.04. The number of nitrogens with zero attached hydrogens (tertiary/aromatic N) is 4. The van der Waals surface area contributed by atoms with Crippen LogP contribution in [0.15, 0.2) is 61.1 Å². The third kappa shape index (κ3) is 6.09. The second-order valence-corrected chi connectivity index (χ2v) is 9.22. The summed E-state index contributed by atoms with van der Waals surface area (Å²) >= 11 is 0. The molecule has 0 radical (unpaired) electrons. The number of urea groups is 1. The van der Waals surface area contributed by atoms with Gasteiger partial charge in [0.1, 0.15) is 34.6 Å². The van der Waals surface area contributed by atoms with Crippen LogP contribution < -0.4 is 20.7 Å². The fraction of sp³-hybridized carbons (Fsp3) is 0.192. The Labute approximate surface area is 217 Å². The van der Waals surface area contributed by atoms with E-state index in [2.05, 4.69) is 31.0 Å². The monoisotopic (exact) mass is 521 g/mol. The van der Waals surface area contributed by atoms with E-state index in [-0.39, 0.29) is 34.1 Å². The Balaban J connectivity index is 1.50. The molecule has 0 bridgehead atoms. The van der Waals surface area contributed by atoms with Gasteiger partial charge >= 0.3 is 6.03 Å². The fourth-order valence-corrected chi connectivity index (χ4v) is 3.34. The van der Waals surface area contributed by atoms with Crippen LogP contribution in [0.5, 0.6) is 11.5 Å². The molecule has 0 aliphatic heterocycles. The predicted octanol–water partition coefficient (Wildman–Crippen LogP) is 5.03. The molecule has 3 N–H and O–H groups in total. The van der Waals surface area contributed by atoms with Crippen LogP contribution in [-0.4, -0.2) is 38.7 Å². The van der Waals surface area contributed by atoms with Crippen LogP contribution in [0, 0.1) is 11.6 Å².